The molecule has 4 aromatic rings. The van der Waals surface area contributed by atoms with Crippen molar-refractivity contribution in [3.05, 3.63) is 106 Å². The number of anilines is 2. The van der Waals surface area contributed by atoms with Crippen LogP contribution in [0.3, 0.4) is 0 Å². The van der Waals surface area contributed by atoms with Crippen molar-refractivity contribution in [3.8, 4) is 5.69 Å². The van der Waals surface area contributed by atoms with Crippen LogP contribution in [0.25, 0.3) is 5.69 Å². The van der Waals surface area contributed by atoms with Gasteiger partial charge in [0.15, 0.2) is 5.11 Å². The van der Waals surface area contributed by atoms with Crippen molar-refractivity contribution in [1.29, 1.82) is 0 Å². The second kappa shape index (κ2) is 11.7. The van der Waals surface area contributed by atoms with E-state index in [0.29, 0.717) is 16.9 Å². The van der Waals surface area contributed by atoms with E-state index in [-0.39, 0.29) is 12.1 Å². The van der Waals surface area contributed by atoms with Gasteiger partial charge in [-0.3, -0.25) is 4.98 Å². The minimum absolute atomic E-state index is 0.0980. The molecule has 0 saturated carbocycles. The lowest BCUT2D eigenvalue weighted by molar-refractivity contribution is 0.357. The van der Waals surface area contributed by atoms with E-state index in [1.807, 2.05) is 18.3 Å². The molecule has 0 bridgehead atoms. The van der Waals surface area contributed by atoms with Gasteiger partial charge in [-0.2, -0.15) is 0 Å². The molecular formula is C35H40ClN5S. The zero-order valence-corrected chi connectivity index (χ0v) is 26.7. The van der Waals surface area contributed by atoms with E-state index in [9.17, 15) is 0 Å². The number of hydrogen-bond donors (Lipinski definition) is 1. The van der Waals surface area contributed by atoms with Crippen LogP contribution >= 0.6 is 23.8 Å². The van der Waals surface area contributed by atoms with Gasteiger partial charge in [-0.1, -0.05) is 50.6 Å². The summed E-state index contributed by atoms with van der Waals surface area (Å²) in [5.74, 6) is 1.30. The predicted octanol–water partition coefficient (Wildman–Crippen LogP) is 8.36. The molecule has 2 fully saturated rings. The summed E-state index contributed by atoms with van der Waals surface area (Å²) in [6, 6.07) is 23.5. The standard InChI is InChI=1S/C35H40ClN5S/c1-6-26-10-12-27(13-11-26)40-24(4)18-29(25(40)5)34-33(31-9-7-8-16-37-31)38-35(42)41(34)28-14-15-32(30(36)19-28)39-20-22(2)17-23(3)21-39/h7-16,18-19,22-23,33-34H,6,17,20-21H2,1-5H3,(H,38,42)/t22-,23+,33-,34+/m1/s1. The quantitative estimate of drug-likeness (QED) is 0.226. The second-order valence-electron chi connectivity index (χ2n) is 12.2. The SMILES string of the molecule is CCc1ccc(-n2c(C)cc([C@H]3[C@@H](c4ccccn4)NC(=S)N3c3ccc(N4C[C@H](C)C[C@H](C)C4)c(Cl)c3)c2C)cc1. The molecule has 2 aromatic carbocycles. The number of hydrogen-bond acceptors (Lipinski definition) is 3. The van der Waals surface area contributed by atoms with Gasteiger partial charge in [0.1, 0.15) is 0 Å². The van der Waals surface area contributed by atoms with E-state index in [1.165, 1.54) is 34.6 Å². The van der Waals surface area contributed by atoms with Crippen molar-refractivity contribution >= 4 is 40.3 Å². The van der Waals surface area contributed by atoms with Crippen molar-refractivity contribution in [2.24, 2.45) is 11.8 Å². The third kappa shape index (κ3) is 5.31. The summed E-state index contributed by atoms with van der Waals surface area (Å²) >= 11 is 13.1. The number of aryl methyl sites for hydroxylation is 2. The number of aromatic nitrogens is 2. The Kier molecular flexibility index (Phi) is 8.03. The molecule has 2 aliphatic rings. The van der Waals surface area contributed by atoms with Gasteiger partial charge in [0, 0.05) is 42.0 Å². The van der Waals surface area contributed by atoms with Gasteiger partial charge in [-0.05, 0) is 110 Å². The summed E-state index contributed by atoms with van der Waals surface area (Å²) in [6.07, 6.45) is 4.14. The van der Waals surface area contributed by atoms with Gasteiger partial charge >= 0.3 is 0 Å². The van der Waals surface area contributed by atoms with E-state index >= 15 is 0 Å². The van der Waals surface area contributed by atoms with Crippen molar-refractivity contribution < 1.29 is 0 Å². The highest BCUT2D eigenvalue weighted by molar-refractivity contribution is 7.80. The maximum Gasteiger partial charge on any atom is 0.174 e. The largest absolute Gasteiger partial charge is 0.370 e. The van der Waals surface area contributed by atoms with Crippen molar-refractivity contribution in [3.63, 3.8) is 0 Å². The molecule has 0 radical (unpaired) electrons. The topological polar surface area (TPSA) is 36.3 Å². The number of benzene rings is 2. The lowest BCUT2D eigenvalue weighted by Gasteiger charge is -2.37. The Morgan fingerprint density at radius 1 is 0.952 bits per heavy atom. The molecule has 1 N–H and O–H groups in total. The molecule has 4 atom stereocenters. The van der Waals surface area contributed by atoms with Gasteiger partial charge in [0.2, 0.25) is 0 Å². The summed E-state index contributed by atoms with van der Waals surface area (Å²) in [4.78, 5) is 9.43. The molecule has 2 aliphatic heterocycles. The molecule has 0 aliphatic carbocycles. The zero-order chi connectivity index (χ0) is 29.5. The van der Waals surface area contributed by atoms with Crippen LogP contribution in [0.5, 0.6) is 0 Å². The number of piperidine rings is 1. The third-order valence-corrected chi connectivity index (χ3v) is 9.53. The Morgan fingerprint density at radius 3 is 2.31 bits per heavy atom. The number of rotatable bonds is 6. The summed E-state index contributed by atoms with van der Waals surface area (Å²) in [6.45, 7) is 13.3. The van der Waals surface area contributed by atoms with Crippen LogP contribution in [-0.2, 0) is 6.42 Å². The summed E-state index contributed by atoms with van der Waals surface area (Å²) < 4.78 is 2.35. The van der Waals surface area contributed by atoms with E-state index in [2.05, 4.69) is 109 Å². The van der Waals surface area contributed by atoms with Gasteiger partial charge in [0.05, 0.1) is 28.5 Å². The van der Waals surface area contributed by atoms with E-state index < -0.39 is 0 Å². The second-order valence-corrected chi connectivity index (χ2v) is 13.0. The molecule has 5 nitrogen and oxygen atoms in total. The highest BCUT2D eigenvalue weighted by Gasteiger charge is 2.42. The maximum absolute atomic E-state index is 7.05. The number of thiocarbonyl (C=S) groups is 1. The Labute approximate surface area is 260 Å². The van der Waals surface area contributed by atoms with Crippen LogP contribution in [0.2, 0.25) is 5.02 Å². The number of nitrogens with zero attached hydrogens (tertiary/aromatic N) is 4. The van der Waals surface area contributed by atoms with E-state index in [0.717, 1.165) is 41.6 Å². The fraction of sp³-hybridized carbons (Fsp3) is 0.371. The normalized spacial score (nSPS) is 22.5. The molecule has 218 valence electrons. The van der Waals surface area contributed by atoms with Crippen molar-refractivity contribution in [2.75, 3.05) is 22.9 Å². The van der Waals surface area contributed by atoms with Gasteiger partial charge in [-0.25, -0.2) is 0 Å². The van der Waals surface area contributed by atoms with Gasteiger partial charge in [-0.15, -0.1) is 0 Å². The first kappa shape index (κ1) is 28.8. The first-order chi connectivity index (χ1) is 20.2. The summed E-state index contributed by atoms with van der Waals surface area (Å²) in [7, 11) is 0. The first-order valence-corrected chi connectivity index (χ1v) is 15.9. The molecule has 4 heterocycles. The molecule has 42 heavy (non-hydrogen) atoms. The average molecular weight is 598 g/mol. The Hall–Kier alpha value is -3.35. The van der Waals surface area contributed by atoms with Crippen LogP contribution in [0.4, 0.5) is 11.4 Å². The molecular weight excluding hydrogens is 558 g/mol. The molecule has 6 rings (SSSR count). The number of halogens is 1. The lowest BCUT2D eigenvalue weighted by Crippen LogP contribution is -2.38. The summed E-state index contributed by atoms with van der Waals surface area (Å²) in [5, 5.41) is 5.06. The highest BCUT2D eigenvalue weighted by atomic mass is 35.5. The lowest BCUT2D eigenvalue weighted by atomic mass is 9.91. The van der Waals surface area contributed by atoms with Crippen LogP contribution in [0, 0.1) is 25.7 Å². The smallest absolute Gasteiger partial charge is 0.174 e. The highest BCUT2D eigenvalue weighted by Crippen LogP contribution is 2.45. The van der Waals surface area contributed by atoms with Crippen LogP contribution < -0.4 is 15.1 Å². The van der Waals surface area contributed by atoms with Crippen molar-refractivity contribution in [1.82, 2.24) is 14.9 Å². The third-order valence-electron chi connectivity index (χ3n) is 8.91. The Morgan fingerprint density at radius 2 is 1.67 bits per heavy atom. The number of pyridine rings is 1. The monoisotopic (exact) mass is 597 g/mol. The van der Waals surface area contributed by atoms with Gasteiger partial charge < -0.3 is 19.7 Å². The predicted molar refractivity (Wildman–Crippen MR) is 179 cm³/mol. The fourth-order valence-electron chi connectivity index (χ4n) is 7.08. The van der Waals surface area contributed by atoms with Crippen LogP contribution in [0.1, 0.15) is 67.5 Å². The zero-order valence-electron chi connectivity index (χ0n) is 25.1. The average Bonchev–Trinajstić information content (AvgIpc) is 3.47. The van der Waals surface area contributed by atoms with Gasteiger partial charge in [0.25, 0.3) is 0 Å². The summed E-state index contributed by atoms with van der Waals surface area (Å²) in [5.41, 5.74) is 9.15. The number of nitrogens with one attached hydrogen (secondary N) is 1. The maximum atomic E-state index is 7.05. The fourth-order valence-corrected chi connectivity index (χ4v) is 7.72. The molecule has 2 saturated heterocycles. The van der Waals surface area contributed by atoms with E-state index in [4.69, 9.17) is 28.8 Å². The molecule has 0 unspecified atom stereocenters. The molecule has 2 aromatic heterocycles. The minimum Gasteiger partial charge on any atom is -0.370 e. The van der Waals surface area contributed by atoms with Crippen LogP contribution in [0.15, 0.2) is 72.9 Å². The molecule has 0 amide bonds. The Balaban J connectivity index is 1.43. The molecule has 7 heteroatoms. The van der Waals surface area contributed by atoms with E-state index in [1.54, 1.807) is 0 Å². The van der Waals surface area contributed by atoms with Crippen molar-refractivity contribution in [2.45, 2.75) is 59.5 Å². The van der Waals surface area contributed by atoms with Crippen LogP contribution in [-0.4, -0.2) is 27.8 Å². The minimum atomic E-state index is -0.114. The molecule has 0 spiro atoms. The Bertz CT molecular complexity index is 1570. The first-order valence-electron chi connectivity index (χ1n) is 15.1.